The minimum absolute atomic E-state index is 0.177. The minimum atomic E-state index is 0.177. The number of rotatable bonds is 10. The highest BCUT2D eigenvalue weighted by Crippen LogP contribution is 2.30. The van der Waals surface area contributed by atoms with E-state index in [4.69, 9.17) is 18.9 Å². The third kappa shape index (κ3) is 4.00. The van der Waals surface area contributed by atoms with Crippen LogP contribution in [0.1, 0.15) is 13.3 Å². The van der Waals surface area contributed by atoms with Gasteiger partial charge in [0.05, 0.1) is 32.0 Å². The van der Waals surface area contributed by atoms with E-state index in [-0.39, 0.29) is 6.23 Å². The first-order valence-electron chi connectivity index (χ1n) is 8.87. The Hall–Kier alpha value is -1.34. The Balaban J connectivity index is 1.50. The summed E-state index contributed by atoms with van der Waals surface area (Å²) in [5.74, 6) is 0. The van der Waals surface area contributed by atoms with Crippen molar-refractivity contribution in [2.24, 2.45) is 0 Å². The molecule has 3 aliphatic rings. The molecule has 4 rings (SSSR count). The number of epoxide rings is 2. The predicted molar refractivity (Wildman–Crippen MR) is 91.5 cm³/mol. The lowest BCUT2D eigenvalue weighted by Gasteiger charge is -2.39. The van der Waals surface area contributed by atoms with Crippen LogP contribution in [-0.2, 0) is 18.9 Å². The SMILES string of the molecule is CCOCN(CC1CO1)c1cccc(N(CC2CO2)C2CCO2)c1. The summed E-state index contributed by atoms with van der Waals surface area (Å²) in [7, 11) is 0. The third-order valence-electron chi connectivity index (χ3n) is 4.63. The zero-order valence-electron chi connectivity index (χ0n) is 14.2. The number of hydrogen-bond donors (Lipinski definition) is 0. The molecular formula is C18H26N2O4. The Bertz CT molecular complexity index is 544. The summed E-state index contributed by atoms with van der Waals surface area (Å²) in [4.78, 5) is 4.58. The second-order valence-corrected chi connectivity index (χ2v) is 6.54. The second kappa shape index (κ2) is 7.27. The van der Waals surface area contributed by atoms with Gasteiger partial charge in [-0.2, -0.15) is 0 Å². The first-order chi connectivity index (χ1) is 11.8. The van der Waals surface area contributed by atoms with Crippen LogP contribution in [0.25, 0.3) is 0 Å². The zero-order valence-corrected chi connectivity index (χ0v) is 14.2. The minimum Gasteiger partial charge on any atom is -0.371 e. The Morgan fingerprint density at radius 1 is 1.08 bits per heavy atom. The molecule has 3 unspecified atom stereocenters. The maximum Gasteiger partial charge on any atom is 0.132 e. The van der Waals surface area contributed by atoms with Crippen LogP contribution < -0.4 is 9.80 Å². The van der Waals surface area contributed by atoms with E-state index in [0.29, 0.717) is 25.5 Å². The molecule has 3 aliphatic heterocycles. The summed E-state index contributed by atoms with van der Waals surface area (Å²) in [5, 5.41) is 0. The lowest BCUT2D eigenvalue weighted by atomic mass is 10.2. The quantitative estimate of drug-likeness (QED) is 0.481. The summed E-state index contributed by atoms with van der Waals surface area (Å²) in [6, 6.07) is 8.63. The molecular weight excluding hydrogens is 308 g/mol. The summed E-state index contributed by atoms with van der Waals surface area (Å²) < 4.78 is 22.2. The Labute approximate surface area is 143 Å². The molecule has 132 valence electrons. The van der Waals surface area contributed by atoms with Crippen LogP contribution >= 0.6 is 0 Å². The van der Waals surface area contributed by atoms with Gasteiger partial charge < -0.3 is 28.7 Å². The van der Waals surface area contributed by atoms with Crippen LogP contribution in [0.2, 0.25) is 0 Å². The van der Waals surface area contributed by atoms with E-state index < -0.39 is 0 Å². The number of anilines is 2. The van der Waals surface area contributed by atoms with Crippen molar-refractivity contribution < 1.29 is 18.9 Å². The highest BCUT2D eigenvalue weighted by Gasteiger charge is 2.33. The molecule has 3 saturated heterocycles. The average molecular weight is 334 g/mol. The van der Waals surface area contributed by atoms with Gasteiger partial charge in [-0.3, -0.25) is 0 Å². The molecule has 1 aromatic carbocycles. The maximum atomic E-state index is 5.73. The number of ether oxygens (including phenoxy) is 4. The van der Waals surface area contributed by atoms with Crippen molar-refractivity contribution in [3.05, 3.63) is 24.3 Å². The van der Waals surface area contributed by atoms with Crippen molar-refractivity contribution in [1.82, 2.24) is 0 Å². The molecule has 0 N–H and O–H groups in total. The van der Waals surface area contributed by atoms with E-state index in [2.05, 4.69) is 34.1 Å². The molecule has 0 aromatic heterocycles. The Kier molecular flexibility index (Phi) is 4.89. The third-order valence-corrected chi connectivity index (χ3v) is 4.63. The first-order valence-corrected chi connectivity index (χ1v) is 8.87. The fourth-order valence-corrected chi connectivity index (χ4v) is 2.97. The molecule has 0 aliphatic carbocycles. The van der Waals surface area contributed by atoms with Crippen molar-refractivity contribution in [2.75, 3.05) is 56.0 Å². The maximum absolute atomic E-state index is 5.73. The van der Waals surface area contributed by atoms with Gasteiger partial charge in [0.2, 0.25) is 0 Å². The van der Waals surface area contributed by atoms with E-state index >= 15 is 0 Å². The summed E-state index contributed by atoms with van der Waals surface area (Å²) in [5.41, 5.74) is 2.35. The van der Waals surface area contributed by atoms with E-state index in [1.54, 1.807) is 0 Å². The molecule has 1 aromatic rings. The van der Waals surface area contributed by atoms with Gasteiger partial charge in [-0.15, -0.1) is 0 Å². The van der Waals surface area contributed by atoms with Crippen molar-refractivity contribution in [3.8, 4) is 0 Å². The van der Waals surface area contributed by atoms with E-state index in [1.807, 2.05) is 6.92 Å². The summed E-state index contributed by atoms with van der Waals surface area (Å²) in [6.45, 7) is 7.64. The number of benzene rings is 1. The van der Waals surface area contributed by atoms with Gasteiger partial charge >= 0.3 is 0 Å². The van der Waals surface area contributed by atoms with Gasteiger partial charge in [0.25, 0.3) is 0 Å². The van der Waals surface area contributed by atoms with Crippen LogP contribution in [0, 0.1) is 0 Å². The smallest absolute Gasteiger partial charge is 0.132 e. The highest BCUT2D eigenvalue weighted by molar-refractivity contribution is 5.60. The summed E-state index contributed by atoms with van der Waals surface area (Å²) >= 11 is 0. The molecule has 0 bridgehead atoms. The lowest BCUT2D eigenvalue weighted by molar-refractivity contribution is -0.0516. The van der Waals surface area contributed by atoms with Crippen LogP contribution in [-0.4, -0.2) is 64.7 Å². The van der Waals surface area contributed by atoms with Crippen LogP contribution in [0.5, 0.6) is 0 Å². The van der Waals surface area contributed by atoms with Crippen LogP contribution in [0.4, 0.5) is 11.4 Å². The molecule has 6 nitrogen and oxygen atoms in total. The molecule has 6 heteroatoms. The van der Waals surface area contributed by atoms with Gasteiger partial charge in [-0.25, -0.2) is 0 Å². The van der Waals surface area contributed by atoms with Gasteiger partial charge in [0.1, 0.15) is 13.0 Å². The van der Waals surface area contributed by atoms with Gasteiger partial charge in [0, 0.05) is 37.5 Å². The molecule has 3 atom stereocenters. The summed E-state index contributed by atoms with van der Waals surface area (Å²) in [6.07, 6.45) is 1.93. The van der Waals surface area contributed by atoms with Gasteiger partial charge in [-0.1, -0.05) is 6.07 Å². The molecule has 0 radical (unpaired) electrons. The van der Waals surface area contributed by atoms with Crippen molar-refractivity contribution >= 4 is 11.4 Å². The monoisotopic (exact) mass is 334 g/mol. The Morgan fingerprint density at radius 3 is 2.42 bits per heavy atom. The van der Waals surface area contributed by atoms with Crippen molar-refractivity contribution in [2.45, 2.75) is 31.8 Å². The molecule has 0 amide bonds. The number of nitrogens with zero attached hydrogens (tertiary/aromatic N) is 2. The number of hydrogen-bond acceptors (Lipinski definition) is 6. The fraction of sp³-hybridized carbons (Fsp3) is 0.667. The van der Waals surface area contributed by atoms with Crippen molar-refractivity contribution in [1.29, 1.82) is 0 Å². The largest absolute Gasteiger partial charge is 0.371 e. The van der Waals surface area contributed by atoms with Crippen LogP contribution in [0.3, 0.4) is 0 Å². The van der Waals surface area contributed by atoms with Crippen LogP contribution in [0.15, 0.2) is 24.3 Å². The average Bonchev–Trinajstić information content (AvgIpc) is 3.44. The van der Waals surface area contributed by atoms with E-state index in [1.165, 1.54) is 5.69 Å². The molecule has 0 saturated carbocycles. The van der Waals surface area contributed by atoms with Gasteiger partial charge in [0.15, 0.2) is 0 Å². The zero-order chi connectivity index (χ0) is 16.4. The second-order valence-electron chi connectivity index (χ2n) is 6.54. The normalized spacial score (nSPS) is 27.5. The first kappa shape index (κ1) is 16.1. The van der Waals surface area contributed by atoms with Gasteiger partial charge in [-0.05, 0) is 25.1 Å². The highest BCUT2D eigenvalue weighted by atomic mass is 16.6. The van der Waals surface area contributed by atoms with Crippen molar-refractivity contribution in [3.63, 3.8) is 0 Å². The lowest BCUT2D eigenvalue weighted by Crippen LogP contribution is -2.46. The topological polar surface area (TPSA) is 50.0 Å². The Morgan fingerprint density at radius 2 is 1.79 bits per heavy atom. The predicted octanol–water partition coefficient (Wildman–Crippen LogP) is 1.84. The molecule has 0 spiro atoms. The van der Waals surface area contributed by atoms with E-state index in [9.17, 15) is 0 Å². The van der Waals surface area contributed by atoms with E-state index in [0.717, 1.165) is 45.0 Å². The fourth-order valence-electron chi connectivity index (χ4n) is 2.97. The standard InChI is InChI=1S/C18H26N2O4/c1-2-21-13-19(9-16-11-23-16)14-4-3-5-15(8-14)20(10-17-12-24-17)18-6-7-22-18/h3-5,8,16-18H,2,6-7,9-13H2,1H3. The molecule has 3 heterocycles. The molecule has 3 fully saturated rings. The molecule has 24 heavy (non-hydrogen) atoms.